The van der Waals surface area contributed by atoms with Crippen LogP contribution in [-0.4, -0.2) is 5.78 Å². The average molecular weight is 422 g/mol. The van der Waals surface area contributed by atoms with Crippen molar-refractivity contribution >= 4 is 22.8 Å². The van der Waals surface area contributed by atoms with Crippen LogP contribution in [0.4, 0.5) is 10.1 Å². The number of halogens is 1. The molecule has 30 heavy (non-hydrogen) atoms. The first kappa shape index (κ1) is 20.4. The van der Waals surface area contributed by atoms with Crippen molar-refractivity contribution in [2.75, 3.05) is 4.90 Å². The number of carbonyl (C=O) groups excluding carboxylic acids is 1. The number of allylic oxidation sites excluding steroid dienone is 3. The van der Waals surface area contributed by atoms with Crippen LogP contribution in [0.1, 0.15) is 47.9 Å². The summed E-state index contributed by atoms with van der Waals surface area (Å²) in [5.74, 6) is -0.464. The van der Waals surface area contributed by atoms with Gasteiger partial charge in [0.15, 0.2) is 5.78 Å². The van der Waals surface area contributed by atoms with E-state index in [1.165, 1.54) is 12.1 Å². The van der Waals surface area contributed by atoms with E-state index in [9.17, 15) is 14.4 Å². The second-order valence-electron chi connectivity index (χ2n) is 8.83. The summed E-state index contributed by atoms with van der Waals surface area (Å²) >= 11 is 1.65. The minimum Gasteiger partial charge on any atom is -0.384 e. The van der Waals surface area contributed by atoms with E-state index >= 15 is 0 Å². The molecule has 4 rings (SSSR count). The van der Waals surface area contributed by atoms with Gasteiger partial charge >= 0.3 is 0 Å². The van der Waals surface area contributed by atoms with Gasteiger partial charge in [-0.05, 0) is 61.6 Å². The Morgan fingerprint density at radius 2 is 1.90 bits per heavy atom. The number of carbonyl (C=O) groups is 1. The van der Waals surface area contributed by atoms with Gasteiger partial charge in [0.25, 0.3) is 0 Å². The highest BCUT2D eigenvalue weighted by Gasteiger charge is 2.45. The zero-order valence-corrected chi connectivity index (χ0v) is 18.4. The lowest BCUT2D eigenvalue weighted by molar-refractivity contribution is -0.118. The molecule has 2 N–H and O–H groups in total. The van der Waals surface area contributed by atoms with Crippen molar-refractivity contribution in [2.24, 2.45) is 11.1 Å². The van der Waals surface area contributed by atoms with Gasteiger partial charge in [-0.25, -0.2) is 4.39 Å². The number of nitriles is 1. The number of nitrogens with two attached hydrogens (primary N) is 1. The SMILES string of the molecule is Cc1cc([C@H]2C(C#N)=C(N)N(c3ccc(F)cc3)C3=C2C(=O)CC(C)(C)C3)c(C)s1. The number of Topliss-reactive ketones (excluding diaryl/α,β-unsaturated/α-hetero) is 1. The Hall–Kier alpha value is -2.91. The number of ketones is 1. The predicted molar refractivity (Wildman–Crippen MR) is 117 cm³/mol. The Kier molecular flexibility index (Phi) is 4.82. The summed E-state index contributed by atoms with van der Waals surface area (Å²) in [7, 11) is 0. The molecule has 0 saturated carbocycles. The van der Waals surface area contributed by atoms with Gasteiger partial charge in [0.2, 0.25) is 0 Å². The van der Waals surface area contributed by atoms with Crippen LogP contribution >= 0.6 is 11.3 Å². The highest BCUT2D eigenvalue weighted by atomic mass is 32.1. The van der Waals surface area contributed by atoms with Crippen LogP contribution in [0.5, 0.6) is 0 Å². The van der Waals surface area contributed by atoms with E-state index in [1.54, 1.807) is 28.4 Å². The Morgan fingerprint density at radius 1 is 1.23 bits per heavy atom. The molecule has 4 nitrogen and oxygen atoms in total. The molecule has 1 aromatic heterocycles. The molecule has 6 heteroatoms. The first-order valence-electron chi connectivity index (χ1n) is 9.91. The van der Waals surface area contributed by atoms with Crippen LogP contribution in [-0.2, 0) is 4.79 Å². The molecule has 1 aliphatic heterocycles. The van der Waals surface area contributed by atoms with Gasteiger partial charge in [0.05, 0.1) is 17.6 Å². The van der Waals surface area contributed by atoms with Crippen molar-refractivity contribution in [3.8, 4) is 6.07 Å². The summed E-state index contributed by atoms with van der Waals surface area (Å²) in [4.78, 5) is 17.4. The summed E-state index contributed by atoms with van der Waals surface area (Å²) in [5, 5.41) is 10.1. The number of hydrogen-bond donors (Lipinski definition) is 1. The lowest BCUT2D eigenvalue weighted by atomic mass is 9.68. The third-order valence-corrected chi connectivity index (χ3v) is 6.84. The number of nitrogens with zero attached hydrogens (tertiary/aromatic N) is 2. The molecule has 0 spiro atoms. The predicted octanol–water partition coefficient (Wildman–Crippen LogP) is 5.44. The molecule has 2 aromatic rings. The van der Waals surface area contributed by atoms with Crippen molar-refractivity contribution in [3.63, 3.8) is 0 Å². The third-order valence-electron chi connectivity index (χ3n) is 5.86. The lowest BCUT2D eigenvalue weighted by Gasteiger charge is -2.43. The number of thiophene rings is 1. The molecular formula is C24H24FN3OS. The number of aryl methyl sites for hydroxylation is 2. The maximum atomic E-state index is 13.6. The van der Waals surface area contributed by atoms with E-state index < -0.39 is 5.92 Å². The molecule has 0 bridgehead atoms. The Balaban J connectivity index is 2.01. The van der Waals surface area contributed by atoms with Crippen LogP contribution in [0.3, 0.4) is 0 Å². The van der Waals surface area contributed by atoms with Crippen LogP contribution in [0.2, 0.25) is 0 Å². The molecule has 0 unspecified atom stereocenters. The normalized spacial score (nSPS) is 21.0. The van der Waals surface area contributed by atoms with E-state index in [0.717, 1.165) is 21.0 Å². The topological polar surface area (TPSA) is 70.1 Å². The molecule has 1 atom stereocenters. The first-order valence-corrected chi connectivity index (χ1v) is 10.7. The fourth-order valence-corrected chi connectivity index (χ4v) is 5.61. The Morgan fingerprint density at radius 3 is 2.47 bits per heavy atom. The molecule has 1 aliphatic carbocycles. The molecular weight excluding hydrogens is 397 g/mol. The van der Waals surface area contributed by atoms with Gasteiger partial charge in [0, 0.05) is 33.1 Å². The Bertz CT molecular complexity index is 1150. The maximum Gasteiger partial charge on any atom is 0.162 e. The quantitative estimate of drug-likeness (QED) is 0.700. The smallest absolute Gasteiger partial charge is 0.162 e. The number of rotatable bonds is 2. The molecule has 0 radical (unpaired) electrons. The fraction of sp³-hybridized carbons (Fsp3) is 0.333. The second-order valence-corrected chi connectivity index (χ2v) is 10.3. The van der Waals surface area contributed by atoms with Crippen molar-refractivity contribution in [2.45, 2.75) is 46.5 Å². The highest BCUT2D eigenvalue weighted by molar-refractivity contribution is 7.12. The maximum absolute atomic E-state index is 13.6. The zero-order valence-electron chi connectivity index (χ0n) is 17.5. The highest BCUT2D eigenvalue weighted by Crippen LogP contribution is 2.51. The van der Waals surface area contributed by atoms with Crippen LogP contribution < -0.4 is 10.6 Å². The molecule has 0 amide bonds. The third kappa shape index (κ3) is 3.23. The molecule has 2 heterocycles. The van der Waals surface area contributed by atoms with Crippen molar-refractivity contribution in [1.29, 1.82) is 5.26 Å². The monoisotopic (exact) mass is 421 g/mol. The molecule has 1 aromatic carbocycles. The minimum atomic E-state index is -0.463. The molecule has 0 saturated heterocycles. The summed E-state index contributed by atoms with van der Waals surface area (Å²) in [5.41, 5.74) is 9.79. The largest absolute Gasteiger partial charge is 0.384 e. The molecule has 2 aliphatic rings. The molecule has 154 valence electrons. The summed E-state index contributed by atoms with van der Waals surface area (Å²) in [6.07, 6.45) is 1.06. The van der Waals surface area contributed by atoms with E-state index in [4.69, 9.17) is 5.73 Å². The Labute approximate surface area is 180 Å². The van der Waals surface area contributed by atoms with E-state index in [0.29, 0.717) is 35.5 Å². The standard InChI is InChI=1S/C24H24FN3OS/c1-13-9-17(14(2)30-13)21-18(12-26)23(27)28(16-7-5-15(25)6-8-16)19-10-24(3,4)11-20(29)22(19)21/h5-9,21H,10-11,27H2,1-4H3/t21-/m0/s1. The van der Waals surface area contributed by atoms with E-state index in [1.807, 2.05) is 13.8 Å². The summed E-state index contributed by atoms with van der Waals surface area (Å²) < 4.78 is 13.6. The zero-order chi connectivity index (χ0) is 21.8. The fourth-order valence-electron chi connectivity index (χ4n) is 4.64. The lowest BCUT2D eigenvalue weighted by Crippen LogP contribution is -2.42. The minimum absolute atomic E-state index is 0.0434. The van der Waals surface area contributed by atoms with Gasteiger partial charge in [0.1, 0.15) is 11.6 Å². The second kappa shape index (κ2) is 7.10. The van der Waals surface area contributed by atoms with Crippen LogP contribution in [0, 0.1) is 36.4 Å². The van der Waals surface area contributed by atoms with Crippen LogP contribution in [0.15, 0.2) is 53.0 Å². The average Bonchev–Trinajstić information content (AvgIpc) is 2.99. The number of benzene rings is 1. The molecule has 0 fully saturated rings. The van der Waals surface area contributed by atoms with Crippen LogP contribution in [0.25, 0.3) is 0 Å². The van der Waals surface area contributed by atoms with Crippen molar-refractivity contribution in [1.82, 2.24) is 0 Å². The van der Waals surface area contributed by atoms with Crippen molar-refractivity contribution < 1.29 is 9.18 Å². The van der Waals surface area contributed by atoms with Crippen molar-refractivity contribution in [3.05, 3.63) is 74.1 Å². The van der Waals surface area contributed by atoms with Gasteiger partial charge in [-0.3, -0.25) is 9.69 Å². The van der Waals surface area contributed by atoms with E-state index in [2.05, 4.69) is 26.0 Å². The van der Waals surface area contributed by atoms with Gasteiger partial charge in [-0.1, -0.05) is 13.8 Å². The number of anilines is 1. The first-order chi connectivity index (χ1) is 14.1. The van der Waals surface area contributed by atoms with Gasteiger partial charge < -0.3 is 5.73 Å². The number of hydrogen-bond acceptors (Lipinski definition) is 5. The van der Waals surface area contributed by atoms with E-state index in [-0.39, 0.29) is 17.0 Å². The summed E-state index contributed by atoms with van der Waals surface area (Å²) in [6.45, 7) is 8.16. The summed E-state index contributed by atoms with van der Waals surface area (Å²) in [6, 6.07) is 10.3. The van der Waals surface area contributed by atoms with Gasteiger partial charge in [-0.15, -0.1) is 11.3 Å². The van der Waals surface area contributed by atoms with Gasteiger partial charge in [-0.2, -0.15) is 5.26 Å².